The van der Waals surface area contributed by atoms with Gasteiger partial charge in [-0.3, -0.25) is 9.19 Å². The molecule has 5 nitrogen and oxygen atoms in total. The highest BCUT2D eigenvalue weighted by Gasteiger charge is 2.06. The normalized spacial score (nSPS) is 11.9. The molecule has 3 aromatic rings. The molecule has 0 bridgehead atoms. The molecule has 0 unspecified atom stereocenters. The summed E-state index contributed by atoms with van der Waals surface area (Å²) in [5.74, 6) is 0. The van der Waals surface area contributed by atoms with E-state index in [1.807, 2.05) is 30.3 Å². The second-order valence-corrected chi connectivity index (χ2v) is 6.66. The molecule has 1 heterocycles. The number of fused-ring (bicyclic) bond motifs is 1. The van der Waals surface area contributed by atoms with Gasteiger partial charge < -0.3 is 10.6 Å². The van der Waals surface area contributed by atoms with E-state index in [1.54, 1.807) is 36.7 Å². The number of rotatable bonds is 4. The van der Waals surface area contributed by atoms with Gasteiger partial charge in [-0.15, -0.1) is 0 Å². The first-order valence-electron chi connectivity index (χ1n) is 7.44. The Balaban J connectivity index is 1.67. The van der Waals surface area contributed by atoms with E-state index in [2.05, 4.69) is 15.6 Å². The zero-order valence-electron chi connectivity index (χ0n) is 13.2. The monoisotopic (exact) mass is 339 g/mol. The highest BCUT2D eigenvalue weighted by molar-refractivity contribution is 7.84. The summed E-state index contributed by atoms with van der Waals surface area (Å²) < 4.78 is 11.5. The zero-order valence-corrected chi connectivity index (χ0v) is 14.0. The van der Waals surface area contributed by atoms with Gasteiger partial charge in [0.1, 0.15) is 0 Å². The van der Waals surface area contributed by atoms with Gasteiger partial charge in [-0.2, -0.15) is 0 Å². The summed E-state index contributed by atoms with van der Waals surface area (Å²) in [6.07, 6.45) is 3.34. The number of nitrogens with one attached hydrogen (secondary N) is 2. The minimum Gasteiger partial charge on any atom is -0.334 e. The van der Waals surface area contributed by atoms with Gasteiger partial charge in [0.25, 0.3) is 0 Å². The smallest absolute Gasteiger partial charge is 0.319 e. The quantitative estimate of drug-likeness (QED) is 0.766. The van der Waals surface area contributed by atoms with Crippen LogP contribution >= 0.6 is 0 Å². The SMILES string of the molecule is C[S@@](=O)c1cccc(NC(=O)NCc2ccnc3ccccc23)c1. The lowest BCUT2D eigenvalue weighted by Gasteiger charge is -2.10. The predicted molar refractivity (Wildman–Crippen MR) is 96.4 cm³/mol. The fraction of sp³-hybridized carbons (Fsp3) is 0.111. The number of pyridine rings is 1. The van der Waals surface area contributed by atoms with Crippen molar-refractivity contribution in [2.45, 2.75) is 11.4 Å². The fourth-order valence-electron chi connectivity index (χ4n) is 2.41. The van der Waals surface area contributed by atoms with E-state index < -0.39 is 10.8 Å². The lowest BCUT2D eigenvalue weighted by atomic mass is 10.1. The van der Waals surface area contributed by atoms with E-state index in [-0.39, 0.29) is 6.03 Å². The summed E-state index contributed by atoms with van der Waals surface area (Å²) >= 11 is 0. The molecule has 2 N–H and O–H groups in total. The molecule has 0 saturated heterocycles. The Labute approximate surface area is 142 Å². The second kappa shape index (κ2) is 7.23. The first kappa shape index (κ1) is 16.1. The van der Waals surface area contributed by atoms with E-state index in [0.29, 0.717) is 17.1 Å². The molecule has 6 heteroatoms. The van der Waals surface area contributed by atoms with Crippen LogP contribution in [0.5, 0.6) is 0 Å². The molecule has 0 fully saturated rings. The summed E-state index contributed by atoms with van der Waals surface area (Å²) in [5.41, 5.74) is 2.51. The molecule has 0 radical (unpaired) electrons. The number of amides is 2. The molecular weight excluding hydrogens is 322 g/mol. The molecule has 3 rings (SSSR count). The molecule has 0 saturated carbocycles. The van der Waals surface area contributed by atoms with E-state index >= 15 is 0 Å². The molecule has 0 aliphatic rings. The number of benzene rings is 2. The number of anilines is 1. The molecule has 0 aliphatic carbocycles. The Morgan fingerprint density at radius 1 is 1.12 bits per heavy atom. The number of carbonyl (C=O) groups is 1. The summed E-state index contributed by atoms with van der Waals surface area (Å²) in [5, 5.41) is 6.61. The van der Waals surface area contributed by atoms with Crippen molar-refractivity contribution in [3.63, 3.8) is 0 Å². The first-order chi connectivity index (χ1) is 11.6. The average Bonchev–Trinajstić information content (AvgIpc) is 2.60. The van der Waals surface area contributed by atoms with Crippen LogP contribution in [-0.4, -0.2) is 21.5 Å². The Kier molecular flexibility index (Phi) is 4.86. The maximum atomic E-state index is 12.1. The van der Waals surface area contributed by atoms with Gasteiger partial charge in [-0.05, 0) is 35.9 Å². The summed E-state index contributed by atoms with van der Waals surface area (Å²) in [6, 6.07) is 16.4. The van der Waals surface area contributed by atoms with Crippen LogP contribution in [0.25, 0.3) is 10.9 Å². The molecule has 1 aromatic heterocycles. The number of urea groups is 1. The van der Waals surface area contributed by atoms with Crippen molar-refractivity contribution in [1.82, 2.24) is 10.3 Å². The summed E-state index contributed by atoms with van der Waals surface area (Å²) in [6.45, 7) is 0.397. The number of nitrogens with zero attached hydrogens (tertiary/aromatic N) is 1. The zero-order chi connectivity index (χ0) is 16.9. The maximum Gasteiger partial charge on any atom is 0.319 e. The Morgan fingerprint density at radius 2 is 1.96 bits per heavy atom. The molecular formula is C18H17N3O2S. The van der Waals surface area contributed by atoms with Crippen molar-refractivity contribution in [2.24, 2.45) is 0 Å². The van der Waals surface area contributed by atoms with Crippen molar-refractivity contribution in [2.75, 3.05) is 11.6 Å². The molecule has 1 atom stereocenters. The Hall–Kier alpha value is -2.73. The largest absolute Gasteiger partial charge is 0.334 e. The molecule has 2 aromatic carbocycles. The fourth-order valence-corrected chi connectivity index (χ4v) is 2.98. The van der Waals surface area contributed by atoms with Crippen molar-refractivity contribution >= 4 is 33.4 Å². The number of carbonyl (C=O) groups excluding carboxylic acids is 1. The average molecular weight is 339 g/mol. The topological polar surface area (TPSA) is 71.1 Å². The highest BCUT2D eigenvalue weighted by Crippen LogP contribution is 2.16. The highest BCUT2D eigenvalue weighted by atomic mass is 32.2. The lowest BCUT2D eigenvalue weighted by molar-refractivity contribution is 0.252. The minimum atomic E-state index is -1.08. The van der Waals surface area contributed by atoms with Crippen LogP contribution < -0.4 is 10.6 Å². The van der Waals surface area contributed by atoms with E-state index in [0.717, 1.165) is 16.5 Å². The lowest BCUT2D eigenvalue weighted by Crippen LogP contribution is -2.28. The predicted octanol–water partition coefficient (Wildman–Crippen LogP) is 3.29. The molecule has 122 valence electrons. The van der Waals surface area contributed by atoms with Gasteiger partial charge in [0.2, 0.25) is 0 Å². The van der Waals surface area contributed by atoms with Gasteiger partial charge in [-0.25, -0.2) is 4.79 Å². The van der Waals surface area contributed by atoms with Crippen LogP contribution in [0.4, 0.5) is 10.5 Å². The number of hydrogen-bond donors (Lipinski definition) is 2. The van der Waals surface area contributed by atoms with Crippen molar-refractivity contribution < 1.29 is 9.00 Å². The molecule has 24 heavy (non-hydrogen) atoms. The van der Waals surface area contributed by atoms with Gasteiger partial charge >= 0.3 is 6.03 Å². The van der Waals surface area contributed by atoms with Crippen LogP contribution in [0, 0.1) is 0 Å². The van der Waals surface area contributed by atoms with Crippen LogP contribution in [0.15, 0.2) is 65.7 Å². The third-order valence-electron chi connectivity index (χ3n) is 3.60. The first-order valence-corrected chi connectivity index (χ1v) is 9.00. The van der Waals surface area contributed by atoms with Crippen LogP contribution in [0.3, 0.4) is 0 Å². The molecule has 2 amide bonds. The second-order valence-electron chi connectivity index (χ2n) is 5.28. The van der Waals surface area contributed by atoms with E-state index in [4.69, 9.17) is 0 Å². The van der Waals surface area contributed by atoms with Gasteiger partial charge in [-0.1, -0.05) is 24.3 Å². The summed E-state index contributed by atoms with van der Waals surface area (Å²) in [7, 11) is -1.08. The minimum absolute atomic E-state index is 0.310. The van der Waals surface area contributed by atoms with Gasteiger partial charge in [0.15, 0.2) is 0 Å². The van der Waals surface area contributed by atoms with Crippen LogP contribution in [0.2, 0.25) is 0 Å². The number of para-hydroxylation sites is 1. The Bertz CT molecular complexity index is 906. The number of aromatic nitrogens is 1. The third-order valence-corrected chi connectivity index (χ3v) is 4.52. The van der Waals surface area contributed by atoms with Gasteiger partial charge in [0.05, 0.1) is 5.52 Å². The number of hydrogen-bond acceptors (Lipinski definition) is 3. The summed E-state index contributed by atoms with van der Waals surface area (Å²) in [4.78, 5) is 17.1. The van der Waals surface area contributed by atoms with Gasteiger partial charge in [0, 0.05) is 45.8 Å². The van der Waals surface area contributed by atoms with E-state index in [9.17, 15) is 9.00 Å². The van der Waals surface area contributed by atoms with Crippen molar-refractivity contribution in [1.29, 1.82) is 0 Å². The van der Waals surface area contributed by atoms with E-state index in [1.165, 1.54) is 0 Å². The van der Waals surface area contributed by atoms with Crippen LogP contribution in [0.1, 0.15) is 5.56 Å². The van der Waals surface area contributed by atoms with Crippen molar-refractivity contribution in [3.05, 3.63) is 66.4 Å². The molecule has 0 aliphatic heterocycles. The molecule has 0 spiro atoms. The van der Waals surface area contributed by atoms with Crippen LogP contribution in [-0.2, 0) is 17.3 Å². The third kappa shape index (κ3) is 3.78. The maximum absolute atomic E-state index is 12.1. The Morgan fingerprint density at radius 3 is 2.79 bits per heavy atom. The standard InChI is InChI=1S/C18H17N3O2S/c1-24(23)15-6-4-5-14(11-15)21-18(22)20-12-13-9-10-19-17-8-3-2-7-16(13)17/h2-11H,12H2,1H3,(H2,20,21,22)/t24-/m1/s1. The van der Waals surface area contributed by atoms with Crippen molar-refractivity contribution in [3.8, 4) is 0 Å².